The Labute approximate surface area is 171 Å². The zero-order valence-corrected chi connectivity index (χ0v) is 16.7. The number of halogens is 2. The molecule has 2 heterocycles. The fourth-order valence-electron chi connectivity index (χ4n) is 2.28. The first-order chi connectivity index (χ1) is 13.2. The van der Waals surface area contributed by atoms with Gasteiger partial charge in [0.1, 0.15) is 5.69 Å². The molecule has 28 heavy (non-hydrogen) atoms. The van der Waals surface area contributed by atoms with E-state index in [0.29, 0.717) is 16.3 Å². The molecule has 0 unspecified atom stereocenters. The van der Waals surface area contributed by atoms with Gasteiger partial charge < -0.3 is 10.4 Å². The lowest BCUT2D eigenvalue weighted by Gasteiger charge is -2.17. The van der Waals surface area contributed by atoms with Gasteiger partial charge in [-0.2, -0.15) is 0 Å². The first kappa shape index (κ1) is 20.1. The average Bonchev–Trinajstić information content (AvgIpc) is 2.66. The summed E-state index contributed by atoms with van der Waals surface area (Å²) >= 11 is 11.7. The van der Waals surface area contributed by atoms with Crippen LogP contribution >= 0.6 is 23.2 Å². The van der Waals surface area contributed by atoms with Crippen molar-refractivity contribution in [2.24, 2.45) is 0 Å². The molecule has 0 saturated heterocycles. The molecule has 7 nitrogen and oxygen atoms in total. The molecule has 0 bridgehead atoms. The number of hydrogen-bond acceptors (Lipinski definition) is 6. The van der Waals surface area contributed by atoms with Crippen LogP contribution in [0, 0.1) is 0 Å². The number of nitrogens with zero attached hydrogens (tertiary/aromatic N) is 4. The number of carbonyl (C=O) groups excluding carboxylic acids is 1. The Bertz CT molecular complexity index is 923. The molecule has 0 aliphatic rings. The lowest BCUT2D eigenvalue weighted by atomic mass is 10.1. The average molecular weight is 418 g/mol. The minimum Gasteiger partial charge on any atom is -0.389 e. The van der Waals surface area contributed by atoms with Crippen LogP contribution in [0.3, 0.4) is 0 Å². The fraction of sp³-hybridized carbons (Fsp3) is 0.211. The largest absolute Gasteiger partial charge is 0.389 e. The number of aliphatic hydroxyl groups is 1. The number of nitrogens with one attached hydrogen (secondary N) is 1. The van der Waals surface area contributed by atoms with Crippen molar-refractivity contribution >= 4 is 29.1 Å². The summed E-state index contributed by atoms with van der Waals surface area (Å²) in [5.74, 6) is -0.159. The van der Waals surface area contributed by atoms with Gasteiger partial charge in [-0.25, -0.2) is 19.9 Å². The van der Waals surface area contributed by atoms with Gasteiger partial charge >= 0.3 is 0 Å². The Morgan fingerprint density at radius 2 is 1.71 bits per heavy atom. The lowest BCUT2D eigenvalue weighted by molar-refractivity contribution is 0.0692. The van der Waals surface area contributed by atoms with E-state index >= 15 is 0 Å². The van der Waals surface area contributed by atoms with E-state index in [9.17, 15) is 9.90 Å². The zero-order valence-electron chi connectivity index (χ0n) is 15.1. The van der Waals surface area contributed by atoms with Gasteiger partial charge in [-0.15, -0.1) is 0 Å². The smallest absolute Gasteiger partial charge is 0.270 e. The Morgan fingerprint density at radius 3 is 2.32 bits per heavy atom. The van der Waals surface area contributed by atoms with Gasteiger partial charge in [0.05, 0.1) is 16.9 Å². The third-order valence-electron chi connectivity index (χ3n) is 3.66. The normalized spacial score (nSPS) is 11.3. The number of hydrogen-bond donors (Lipinski definition) is 2. The van der Waals surface area contributed by atoms with Crippen LogP contribution in [0.5, 0.6) is 0 Å². The number of benzene rings is 1. The van der Waals surface area contributed by atoms with E-state index in [4.69, 9.17) is 23.2 Å². The second-order valence-electron chi connectivity index (χ2n) is 6.70. The Morgan fingerprint density at radius 1 is 1.07 bits per heavy atom. The quantitative estimate of drug-likeness (QED) is 0.616. The third kappa shape index (κ3) is 5.22. The SMILES string of the molecule is CC(C)(O)CNC(=O)c1cc(-c2ccc(Cl)cc2)nc(-c2cnc(Cl)nc2)n1. The van der Waals surface area contributed by atoms with Gasteiger partial charge in [-0.1, -0.05) is 23.7 Å². The zero-order chi connectivity index (χ0) is 20.3. The van der Waals surface area contributed by atoms with E-state index in [1.165, 1.54) is 12.4 Å². The maximum Gasteiger partial charge on any atom is 0.270 e. The van der Waals surface area contributed by atoms with Crippen LogP contribution in [0.2, 0.25) is 10.3 Å². The highest BCUT2D eigenvalue weighted by Crippen LogP contribution is 2.24. The van der Waals surface area contributed by atoms with Crippen LogP contribution in [-0.4, -0.2) is 43.1 Å². The van der Waals surface area contributed by atoms with E-state index in [-0.39, 0.29) is 23.3 Å². The molecule has 2 N–H and O–H groups in total. The molecular weight excluding hydrogens is 401 g/mol. The maximum atomic E-state index is 12.6. The highest BCUT2D eigenvalue weighted by molar-refractivity contribution is 6.30. The van der Waals surface area contributed by atoms with Crippen LogP contribution in [0.4, 0.5) is 0 Å². The van der Waals surface area contributed by atoms with E-state index in [0.717, 1.165) is 5.56 Å². The lowest BCUT2D eigenvalue weighted by Crippen LogP contribution is -2.38. The van der Waals surface area contributed by atoms with Crippen LogP contribution in [-0.2, 0) is 0 Å². The summed E-state index contributed by atoms with van der Waals surface area (Å²) < 4.78 is 0. The van der Waals surface area contributed by atoms with Crippen LogP contribution in [0.1, 0.15) is 24.3 Å². The van der Waals surface area contributed by atoms with Gasteiger partial charge in [0.25, 0.3) is 5.91 Å². The summed E-state index contributed by atoms with van der Waals surface area (Å²) in [6.07, 6.45) is 2.96. The Kier molecular flexibility index (Phi) is 5.88. The van der Waals surface area contributed by atoms with Crippen molar-refractivity contribution in [1.29, 1.82) is 0 Å². The van der Waals surface area contributed by atoms with Gasteiger partial charge in [-0.05, 0) is 43.6 Å². The molecular formula is C19H17Cl2N5O2. The Hall–Kier alpha value is -2.61. The van der Waals surface area contributed by atoms with E-state index < -0.39 is 11.5 Å². The van der Waals surface area contributed by atoms with Crippen LogP contribution in [0.15, 0.2) is 42.7 Å². The van der Waals surface area contributed by atoms with Gasteiger partial charge in [0.2, 0.25) is 5.28 Å². The van der Waals surface area contributed by atoms with Crippen molar-refractivity contribution in [2.75, 3.05) is 6.54 Å². The molecule has 0 atom stereocenters. The van der Waals surface area contributed by atoms with E-state index in [2.05, 4.69) is 25.3 Å². The number of carbonyl (C=O) groups is 1. The summed E-state index contributed by atoms with van der Waals surface area (Å²) in [5.41, 5.74) is 0.907. The molecule has 2 aromatic heterocycles. The topological polar surface area (TPSA) is 101 Å². The molecule has 0 saturated carbocycles. The van der Waals surface area contributed by atoms with E-state index in [1.54, 1.807) is 44.2 Å². The highest BCUT2D eigenvalue weighted by atomic mass is 35.5. The molecule has 0 aliphatic carbocycles. The molecule has 0 spiro atoms. The predicted molar refractivity (Wildman–Crippen MR) is 107 cm³/mol. The molecule has 1 amide bonds. The molecule has 0 fully saturated rings. The van der Waals surface area contributed by atoms with Crippen molar-refractivity contribution in [2.45, 2.75) is 19.4 Å². The molecule has 3 aromatic rings. The summed E-state index contributed by atoms with van der Waals surface area (Å²) in [6.45, 7) is 3.28. The monoisotopic (exact) mass is 417 g/mol. The fourth-order valence-corrected chi connectivity index (χ4v) is 2.50. The van der Waals surface area contributed by atoms with Crippen molar-refractivity contribution in [3.63, 3.8) is 0 Å². The van der Waals surface area contributed by atoms with Crippen molar-refractivity contribution in [3.05, 3.63) is 58.7 Å². The molecule has 9 heteroatoms. The molecule has 0 aliphatic heterocycles. The number of rotatable bonds is 5. The summed E-state index contributed by atoms with van der Waals surface area (Å²) in [4.78, 5) is 29.3. The molecule has 0 radical (unpaired) electrons. The summed E-state index contributed by atoms with van der Waals surface area (Å²) in [6, 6.07) is 8.63. The second kappa shape index (κ2) is 8.18. The maximum absolute atomic E-state index is 12.6. The molecule has 144 valence electrons. The molecule has 3 rings (SSSR count). The summed E-state index contributed by atoms with van der Waals surface area (Å²) in [5, 5.41) is 13.2. The van der Waals surface area contributed by atoms with Crippen molar-refractivity contribution in [3.8, 4) is 22.6 Å². The number of amides is 1. The van der Waals surface area contributed by atoms with E-state index in [1.807, 2.05) is 0 Å². The van der Waals surface area contributed by atoms with Crippen LogP contribution in [0.25, 0.3) is 22.6 Å². The first-order valence-corrected chi connectivity index (χ1v) is 9.10. The predicted octanol–water partition coefficient (Wildman–Crippen LogP) is 3.41. The van der Waals surface area contributed by atoms with Crippen molar-refractivity contribution < 1.29 is 9.90 Å². The van der Waals surface area contributed by atoms with Gasteiger partial charge in [0.15, 0.2) is 5.82 Å². The minimum absolute atomic E-state index is 0.0749. The van der Waals surface area contributed by atoms with Crippen molar-refractivity contribution in [1.82, 2.24) is 25.3 Å². The molecule has 1 aromatic carbocycles. The minimum atomic E-state index is -1.05. The number of aromatic nitrogens is 4. The summed E-state index contributed by atoms with van der Waals surface area (Å²) in [7, 11) is 0. The van der Waals surface area contributed by atoms with Gasteiger partial charge in [0, 0.05) is 29.5 Å². The highest BCUT2D eigenvalue weighted by Gasteiger charge is 2.18. The Balaban J connectivity index is 2.04. The standard InChI is InChI=1S/C19H17Cl2N5O2/c1-19(2,28)10-24-17(27)15-7-14(11-3-5-13(20)6-4-11)25-16(26-15)12-8-22-18(21)23-9-12/h3-9,28H,10H2,1-2H3,(H,24,27). The third-order valence-corrected chi connectivity index (χ3v) is 4.11. The first-order valence-electron chi connectivity index (χ1n) is 8.35. The van der Waals surface area contributed by atoms with Crippen LogP contribution < -0.4 is 5.32 Å². The van der Waals surface area contributed by atoms with Gasteiger partial charge in [-0.3, -0.25) is 4.79 Å². The second-order valence-corrected chi connectivity index (χ2v) is 7.48.